The van der Waals surface area contributed by atoms with Crippen molar-refractivity contribution in [2.45, 2.75) is 0 Å². The molecule has 0 radical (unpaired) electrons. The lowest BCUT2D eigenvalue weighted by Crippen LogP contribution is -2.30. The molecule has 0 atom stereocenters. The Bertz CT molecular complexity index is 373. The van der Waals surface area contributed by atoms with E-state index >= 15 is 0 Å². The van der Waals surface area contributed by atoms with Crippen molar-refractivity contribution < 1.29 is 4.57 Å². The first-order chi connectivity index (χ1) is 7.73. The molecular formula is C12H17N2OP. The van der Waals surface area contributed by atoms with E-state index in [2.05, 4.69) is 23.3 Å². The summed E-state index contributed by atoms with van der Waals surface area (Å²) in [5.41, 5.74) is 0. The van der Waals surface area contributed by atoms with Crippen LogP contribution < -0.4 is 15.5 Å². The Labute approximate surface area is 96.7 Å². The smallest absolute Gasteiger partial charge is 0.241 e. The SMILES string of the molecule is C=CCNP(=O)(NCC=C)c1ccccc1. The van der Waals surface area contributed by atoms with Crippen molar-refractivity contribution in [3.05, 3.63) is 55.6 Å². The van der Waals surface area contributed by atoms with Gasteiger partial charge in [-0.1, -0.05) is 30.4 Å². The second-order valence-electron chi connectivity index (χ2n) is 3.25. The predicted molar refractivity (Wildman–Crippen MR) is 70.1 cm³/mol. The van der Waals surface area contributed by atoms with Crippen LogP contribution in [0, 0.1) is 0 Å². The fourth-order valence-electron chi connectivity index (χ4n) is 1.26. The third-order valence-electron chi connectivity index (χ3n) is 2.04. The van der Waals surface area contributed by atoms with Crippen molar-refractivity contribution in [2.75, 3.05) is 13.1 Å². The molecule has 86 valence electrons. The molecule has 0 aliphatic heterocycles. The Kier molecular flexibility index (Phi) is 5.20. The van der Waals surface area contributed by atoms with Gasteiger partial charge >= 0.3 is 0 Å². The first kappa shape index (κ1) is 12.9. The number of hydrogen-bond acceptors (Lipinski definition) is 1. The number of benzene rings is 1. The van der Waals surface area contributed by atoms with Crippen molar-refractivity contribution in [1.82, 2.24) is 10.2 Å². The van der Waals surface area contributed by atoms with Crippen LogP contribution in [0.25, 0.3) is 0 Å². The average molecular weight is 236 g/mol. The van der Waals surface area contributed by atoms with Crippen LogP contribution in [-0.2, 0) is 4.57 Å². The first-order valence-corrected chi connectivity index (χ1v) is 6.81. The fraction of sp³-hybridized carbons (Fsp3) is 0.167. The summed E-state index contributed by atoms with van der Waals surface area (Å²) >= 11 is 0. The lowest BCUT2D eigenvalue weighted by Gasteiger charge is -2.19. The third-order valence-corrected chi connectivity index (χ3v) is 4.32. The van der Waals surface area contributed by atoms with Crippen LogP contribution in [0.5, 0.6) is 0 Å². The molecule has 3 nitrogen and oxygen atoms in total. The summed E-state index contributed by atoms with van der Waals surface area (Å²) in [6.45, 7) is 8.21. The Hall–Kier alpha value is -1.15. The van der Waals surface area contributed by atoms with Crippen molar-refractivity contribution in [3.8, 4) is 0 Å². The Morgan fingerprint density at radius 3 is 2.00 bits per heavy atom. The maximum atomic E-state index is 12.6. The van der Waals surface area contributed by atoms with E-state index in [9.17, 15) is 4.57 Å². The molecule has 0 saturated carbocycles. The monoisotopic (exact) mass is 236 g/mol. The highest BCUT2D eigenvalue weighted by Crippen LogP contribution is 2.33. The maximum absolute atomic E-state index is 12.6. The van der Waals surface area contributed by atoms with Crippen LogP contribution in [0.1, 0.15) is 0 Å². The van der Waals surface area contributed by atoms with Crippen molar-refractivity contribution in [3.63, 3.8) is 0 Å². The molecule has 0 fully saturated rings. The molecule has 1 aromatic carbocycles. The second-order valence-corrected chi connectivity index (χ2v) is 5.61. The van der Waals surface area contributed by atoms with Gasteiger partial charge in [0.05, 0.1) is 0 Å². The van der Waals surface area contributed by atoms with Crippen LogP contribution in [-0.4, -0.2) is 13.1 Å². The average Bonchev–Trinajstić information content (AvgIpc) is 2.35. The van der Waals surface area contributed by atoms with Crippen LogP contribution >= 0.6 is 7.44 Å². The van der Waals surface area contributed by atoms with Crippen LogP contribution in [0.2, 0.25) is 0 Å². The van der Waals surface area contributed by atoms with Gasteiger partial charge in [-0.3, -0.25) is 4.57 Å². The summed E-state index contributed by atoms with van der Waals surface area (Å²) in [5, 5.41) is 6.71. The molecule has 0 aliphatic rings. The number of rotatable bonds is 7. The van der Waals surface area contributed by atoms with E-state index in [1.165, 1.54) is 0 Å². The van der Waals surface area contributed by atoms with Crippen molar-refractivity contribution in [1.29, 1.82) is 0 Å². The standard InChI is InChI=1S/C12H17N2OP/c1-3-10-13-16(15,14-11-4-2)12-8-6-5-7-9-12/h3-9H,1-2,10-11H2,(H2,13,14,15). The van der Waals surface area contributed by atoms with Crippen LogP contribution in [0.3, 0.4) is 0 Å². The Morgan fingerprint density at radius 1 is 1.06 bits per heavy atom. The van der Waals surface area contributed by atoms with Gasteiger partial charge < -0.3 is 0 Å². The molecule has 0 amide bonds. The van der Waals surface area contributed by atoms with E-state index < -0.39 is 7.44 Å². The minimum atomic E-state index is -2.75. The van der Waals surface area contributed by atoms with Crippen LogP contribution in [0.15, 0.2) is 55.6 Å². The first-order valence-electron chi connectivity index (χ1n) is 5.10. The molecule has 16 heavy (non-hydrogen) atoms. The van der Waals surface area contributed by atoms with Gasteiger partial charge in [-0.05, 0) is 12.1 Å². The Morgan fingerprint density at radius 2 is 1.56 bits per heavy atom. The van der Waals surface area contributed by atoms with Gasteiger partial charge in [0, 0.05) is 18.4 Å². The summed E-state index contributed by atoms with van der Waals surface area (Å²) in [4.78, 5) is 0. The lowest BCUT2D eigenvalue weighted by atomic mass is 10.4. The van der Waals surface area contributed by atoms with E-state index in [1.54, 1.807) is 12.2 Å². The summed E-state index contributed by atoms with van der Waals surface area (Å²) in [6.07, 6.45) is 3.37. The molecular weight excluding hydrogens is 219 g/mol. The van der Waals surface area contributed by atoms with E-state index in [1.807, 2.05) is 30.3 Å². The quantitative estimate of drug-likeness (QED) is 0.562. The third kappa shape index (κ3) is 3.46. The molecule has 0 aliphatic carbocycles. The molecule has 1 rings (SSSR count). The van der Waals surface area contributed by atoms with Gasteiger partial charge in [-0.15, -0.1) is 13.2 Å². The fourth-order valence-corrected chi connectivity index (χ4v) is 3.10. The van der Waals surface area contributed by atoms with Gasteiger partial charge in [-0.2, -0.15) is 0 Å². The number of nitrogens with one attached hydrogen (secondary N) is 2. The zero-order valence-corrected chi connectivity index (χ0v) is 10.1. The molecule has 0 spiro atoms. The lowest BCUT2D eigenvalue weighted by molar-refractivity contribution is 0.566. The zero-order valence-electron chi connectivity index (χ0n) is 9.23. The maximum Gasteiger partial charge on any atom is 0.241 e. The highest BCUT2D eigenvalue weighted by molar-refractivity contribution is 7.67. The molecule has 0 bridgehead atoms. The minimum Gasteiger partial charge on any atom is -0.284 e. The van der Waals surface area contributed by atoms with Gasteiger partial charge in [0.15, 0.2) is 0 Å². The molecule has 0 heterocycles. The molecule has 0 aromatic heterocycles. The van der Waals surface area contributed by atoms with Crippen LogP contribution in [0.4, 0.5) is 0 Å². The summed E-state index contributed by atoms with van der Waals surface area (Å²) < 4.78 is 12.6. The molecule has 1 aromatic rings. The summed E-state index contributed by atoms with van der Waals surface area (Å²) in [5.74, 6) is 0. The van der Waals surface area contributed by atoms with E-state index in [0.29, 0.717) is 13.1 Å². The molecule has 0 saturated heterocycles. The molecule has 0 unspecified atom stereocenters. The largest absolute Gasteiger partial charge is 0.284 e. The normalized spacial score (nSPS) is 11.0. The minimum absolute atomic E-state index is 0.496. The highest BCUT2D eigenvalue weighted by Gasteiger charge is 2.21. The van der Waals surface area contributed by atoms with Gasteiger partial charge in [0.25, 0.3) is 0 Å². The second kappa shape index (κ2) is 6.44. The van der Waals surface area contributed by atoms with Crippen molar-refractivity contribution in [2.24, 2.45) is 0 Å². The summed E-state index contributed by atoms with van der Waals surface area (Å²) in [6, 6.07) is 9.31. The summed E-state index contributed by atoms with van der Waals surface area (Å²) in [7, 11) is -2.75. The van der Waals surface area contributed by atoms with E-state index in [4.69, 9.17) is 0 Å². The topological polar surface area (TPSA) is 41.1 Å². The van der Waals surface area contributed by atoms with E-state index in [-0.39, 0.29) is 0 Å². The van der Waals surface area contributed by atoms with E-state index in [0.717, 1.165) is 5.30 Å². The highest BCUT2D eigenvalue weighted by atomic mass is 31.2. The molecule has 2 N–H and O–H groups in total. The zero-order chi connectivity index (χ0) is 11.9. The van der Waals surface area contributed by atoms with Gasteiger partial charge in [0.1, 0.15) is 0 Å². The van der Waals surface area contributed by atoms with Gasteiger partial charge in [0.2, 0.25) is 7.44 Å². The Balaban J connectivity index is 2.89. The van der Waals surface area contributed by atoms with Crippen molar-refractivity contribution >= 4 is 12.7 Å². The molecule has 4 heteroatoms. The number of hydrogen-bond donors (Lipinski definition) is 2. The van der Waals surface area contributed by atoms with Gasteiger partial charge in [-0.25, -0.2) is 10.2 Å². The predicted octanol–water partition coefficient (Wildman–Crippen LogP) is 2.06.